The van der Waals surface area contributed by atoms with Crippen LogP contribution in [0.2, 0.25) is 0 Å². The molecular weight excluding hydrogens is 252 g/mol. The fourth-order valence-corrected chi connectivity index (χ4v) is 3.54. The number of benzene rings is 1. The van der Waals surface area contributed by atoms with Crippen LogP contribution in [0.4, 0.5) is 0 Å². The Morgan fingerprint density at radius 2 is 1.95 bits per heavy atom. The van der Waals surface area contributed by atoms with Crippen molar-refractivity contribution in [1.82, 2.24) is 20.0 Å². The number of aromatic nitrogens is 2. The lowest BCUT2D eigenvalue weighted by atomic mass is 10.0. The predicted octanol–water partition coefficient (Wildman–Crippen LogP) is 0.865. The molecule has 2 fully saturated rings. The van der Waals surface area contributed by atoms with Gasteiger partial charge in [-0.1, -0.05) is 18.2 Å². The van der Waals surface area contributed by atoms with Gasteiger partial charge in [-0.05, 0) is 17.9 Å². The van der Waals surface area contributed by atoms with E-state index in [1.807, 2.05) is 36.2 Å². The summed E-state index contributed by atoms with van der Waals surface area (Å²) in [6.07, 6.45) is 0. The topological polar surface area (TPSA) is 50.2 Å². The lowest BCUT2D eigenvalue weighted by molar-refractivity contribution is 0.0777. The molecule has 3 heterocycles. The zero-order valence-electron chi connectivity index (χ0n) is 11.5. The highest BCUT2D eigenvalue weighted by Gasteiger charge is 2.39. The first-order valence-corrected chi connectivity index (χ1v) is 7.16. The fraction of sp³-hybridized carbons (Fsp3) is 0.467. The van der Waals surface area contributed by atoms with E-state index >= 15 is 0 Å². The summed E-state index contributed by atoms with van der Waals surface area (Å²) in [5.41, 5.74) is 1.60. The molecule has 1 aromatic heterocycles. The third kappa shape index (κ3) is 1.66. The summed E-state index contributed by atoms with van der Waals surface area (Å²) in [5, 5.41) is 8.79. The number of fused-ring (bicyclic) bond motifs is 2. The molecule has 0 aliphatic carbocycles. The molecule has 1 aromatic carbocycles. The molecule has 2 aromatic rings. The Morgan fingerprint density at radius 1 is 1.25 bits per heavy atom. The van der Waals surface area contributed by atoms with Crippen LogP contribution in [-0.4, -0.2) is 46.8 Å². The van der Waals surface area contributed by atoms with Gasteiger partial charge in [0.1, 0.15) is 0 Å². The number of likely N-dealkylation sites (tertiary alicyclic amines) is 1. The summed E-state index contributed by atoms with van der Waals surface area (Å²) in [6, 6.07) is 7.92. The van der Waals surface area contributed by atoms with Gasteiger partial charge in [-0.15, -0.1) is 0 Å². The van der Waals surface area contributed by atoms with Crippen molar-refractivity contribution in [3.63, 3.8) is 0 Å². The molecular formula is C15H18N4O. The van der Waals surface area contributed by atoms with E-state index in [9.17, 15) is 4.79 Å². The summed E-state index contributed by atoms with van der Waals surface area (Å²) < 4.78 is 1.79. The maximum absolute atomic E-state index is 12.7. The maximum atomic E-state index is 12.7. The molecule has 0 spiro atoms. The third-order valence-corrected chi connectivity index (χ3v) is 4.64. The van der Waals surface area contributed by atoms with Crippen LogP contribution < -0.4 is 5.32 Å². The van der Waals surface area contributed by atoms with E-state index in [0.717, 1.165) is 37.1 Å². The highest BCUT2D eigenvalue weighted by atomic mass is 16.2. The molecule has 0 radical (unpaired) electrons. The second-order valence-electron chi connectivity index (χ2n) is 5.88. The summed E-state index contributed by atoms with van der Waals surface area (Å²) in [5.74, 6) is 1.32. The first kappa shape index (κ1) is 11.9. The SMILES string of the molecule is Cn1nc(C(=O)N2CC3CNCC3C2)c2ccccc21. The van der Waals surface area contributed by atoms with Crippen LogP contribution >= 0.6 is 0 Å². The molecule has 2 unspecified atom stereocenters. The highest BCUT2D eigenvalue weighted by Crippen LogP contribution is 2.28. The van der Waals surface area contributed by atoms with Crippen LogP contribution in [0.1, 0.15) is 10.5 Å². The number of carbonyl (C=O) groups excluding carboxylic acids is 1. The lowest BCUT2D eigenvalue weighted by Gasteiger charge is -2.16. The summed E-state index contributed by atoms with van der Waals surface area (Å²) in [6.45, 7) is 3.80. The number of hydrogen-bond donors (Lipinski definition) is 1. The number of para-hydroxylation sites is 1. The smallest absolute Gasteiger partial charge is 0.275 e. The molecule has 1 amide bonds. The number of nitrogens with one attached hydrogen (secondary N) is 1. The second kappa shape index (κ2) is 4.31. The van der Waals surface area contributed by atoms with Crippen LogP contribution in [0.15, 0.2) is 24.3 Å². The van der Waals surface area contributed by atoms with E-state index in [-0.39, 0.29) is 5.91 Å². The Hall–Kier alpha value is -1.88. The summed E-state index contributed by atoms with van der Waals surface area (Å²) in [7, 11) is 1.89. The number of amides is 1. The van der Waals surface area contributed by atoms with Gasteiger partial charge < -0.3 is 10.2 Å². The molecule has 20 heavy (non-hydrogen) atoms. The normalized spacial score (nSPS) is 25.4. The lowest BCUT2D eigenvalue weighted by Crippen LogP contribution is -2.32. The average Bonchev–Trinajstić information content (AvgIpc) is 3.11. The first-order chi connectivity index (χ1) is 9.74. The Morgan fingerprint density at radius 3 is 2.70 bits per heavy atom. The molecule has 5 nitrogen and oxygen atoms in total. The average molecular weight is 270 g/mol. The van der Waals surface area contributed by atoms with Gasteiger partial charge in [-0.25, -0.2) is 0 Å². The third-order valence-electron chi connectivity index (χ3n) is 4.64. The van der Waals surface area contributed by atoms with Crippen molar-refractivity contribution < 1.29 is 4.79 Å². The fourth-order valence-electron chi connectivity index (χ4n) is 3.54. The predicted molar refractivity (Wildman–Crippen MR) is 76.5 cm³/mol. The van der Waals surface area contributed by atoms with E-state index in [4.69, 9.17) is 0 Å². The molecule has 2 aliphatic heterocycles. The van der Waals surface area contributed by atoms with Crippen molar-refractivity contribution >= 4 is 16.8 Å². The number of aryl methyl sites for hydroxylation is 1. The Balaban J connectivity index is 1.68. The molecule has 1 N–H and O–H groups in total. The highest BCUT2D eigenvalue weighted by molar-refractivity contribution is 6.04. The van der Waals surface area contributed by atoms with Crippen LogP contribution in [-0.2, 0) is 7.05 Å². The second-order valence-corrected chi connectivity index (χ2v) is 5.88. The zero-order chi connectivity index (χ0) is 13.7. The van der Waals surface area contributed by atoms with Crippen molar-refractivity contribution in [3.8, 4) is 0 Å². The van der Waals surface area contributed by atoms with E-state index in [1.165, 1.54) is 0 Å². The Labute approximate surface area is 117 Å². The van der Waals surface area contributed by atoms with Crippen LogP contribution in [0, 0.1) is 11.8 Å². The number of hydrogen-bond acceptors (Lipinski definition) is 3. The van der Waals surface area contributed by atoms with Crippen LogP contribution in [0.5, 0.6) is 0 Å². The molecule has 104 valence electrons. The van der Waals surface area contributed by atoms with Crippen molar-refractivity contribution in [1.29, 1.82) is 0 Å². The number of rotatable bonds is 1. The standard InChI is InChI=1S/C15H18N4O/c1-18-13-5-3-2-4-12(13)14(17-18)15(20)19-8-10-6-16-7-11(10)9-19/h2-5,10-11,16H,6-9H2,1H3. The molecule has 2 saturated heterocycles. The van der Waals surface area contributed by atoms with Gasteiger partial charge in [0, 0.05) is 38.6 Å². The minimum atomic E-state index is 0.0798. The van der Waals surface area contributed by atoms with Crippen molar-refractivity contribution in [3.05, 3.63) is 30.0 Å². The van der Waals surface area contributed by atoms with E-state index < -0.39 is 0 Å². The van der Waals surface area contributed by atoms with Crippen LogP contribution in [0.3, 0.4) is 0 Å². The largest absolute Gasteiger partial charge is 0.337 e. The van der Waals surface area contributed by atoms with Gasteiger partial charge in [0.15, 0.2) is 5.69 Å². The minimum Gasteiger partial charge on any atom is -0.337 e. The van der Waals surface area contributed by atoms with Crippen molar-refractivity contribution in [2.75, 3.05) is 26.2 Å². The summed E-state index contributed by atoms with van der Waals surface area (Å²) in [4.78, 5) is 14.7. The Kier molecular flexibility index (Phi) is 2.57. The monoisotopic (exact) mass is 270 g/mol. The maximum Gasteiger partial charge on any atom is 0.275 e. The van der Waals surface area contributed by atoms with E-state index in [1.54, 1.807) is 4.68 Å². The first-order valence-electron chi connectivity index (χ1n) is 7.16. The molecule has 5 heteroatoms. The number of nitrogens with zero attached hydrogens (tertiary/aromatic N) is 3. The van der Waals surface area contributed by atoms with E-state index in [2.05, 4.69) is 10.4 Å². The zero-order valence-corrected chi connectivity index (χ0v) is 11.5. The van der Waals surface area contributed by atoms with Gasteiger partial charge >= 0.3 is 0 Å². The Bertz CT molecular complexity index is 666. The van der Waals surface area contributed by atoms with Crippen molar-refractivity contribution in [2.24, 2.45) is 18.9 Å². The van der Waals surface area contributed by atoms with Crippen molar-refractivity contribution in [2.45, 2.75) is 0 Å². The van der Waals surface area contributed by atoms with Gasteiger partial charge in [0.2, 0.25) is 0 Å². The quantitative estimate of drug-likeness (QED) is 0.836. The molecule has 2 atom stereocenters. The molecule has 0 saturated carbocycles. The van der Waals surface area contributed by atoms with Crippen LogP contribution in [0.25, 0.3) is 10.9 Å². The van der Waals surface area contributed by atoms with Gasteiger partial charge in [-0.3, -0.25) is 9.48 Å². The van der Waals surface area contributed by atoms with Gasteiger partial charge in [-0.2, -0.15) is 5.10 Å². The summed E-state index contributed by atoms with van der Waals surface area (Å²) >= 11 is 0. The minimum absolute atomic E-state index is 0.0798. The van der Waals surface area contributed by atoms with Gasteiger partial charge in [0.25, 0.3) is 5.91 Å². The number of carbonyl (C=O) groups is 1. The van der Waals surface area contributed by atoms with E-state index in [0.29, 0.717) is 17.5 Å². The van der Waals surface area contributed by atoms with Gasteiger partial charge in [0.05, 0.1) is 5.52 Å². The molecule has 2 aliphatic rings. The molecule has 0 bridgehead atoms. The molecule has 4 rings (SSSR count).